The Labute approximate surface area is 278 Å². The molecule has 2 heterocycles. The van der Waals surface area contributed by atoms with Crippen molar-refractivity contribution in [1.82, 2.24) is 15.1 Å². The second-order valence-electron chi connectivity index (χ2n) is 12.6. The Morgan fingerprint density at radius 2 is 1.80 bits per heavy atom. The lowest BCUT2D eigenvalue weighted by molar-refractivity contribution is -0.132. The van der Waals surface area contributed by atoms with Gasteiger partial charge in [-0.3, -0.25) is 9.59 Å². The molecule has 2 atom stereocenters. The van der Waals surface area contributed by atoms with E-state index in [-0.39, 0.29) is 42.4 Å². The molecule has 3 aliphatic rings. The Balaban J connectivity index is 1.24. The van der Waals surface area contributed by atoms with Gasteiger partial charge in [0, 0.05) is 56.9 Å². The summed E-state index contributed by atoms with van der Waals surface area (Å²) in [5, 5.41) is 13.3. The van der Waals surface area contributed by atoms with Gasteiger partial charge in [0.1, 0.15) is 11.6 Å². The van der Waals surface area contributed by atoms with Gasteiger partial charge in [0.05, 0.1) is 17.1 Å². The highest BCUT2D eigenvalue weighted by molar-refractivity contribution is 9.10. The average molecular weight is 691 g/mol. The van der Waals surface area contributed by atoms with Crippen molar-refractivity contribution in [3.8, 4) is 5.75 Å². The van der Waals surface area contributed by atoms with Crippen LogP contribution in [0.15, 0.2) is 76.8 Å². The average Bonchev–Trinajstić information content (AvgIpc) is 3.89. The summed E-state index contributed by atoms with van der Waals surface area (Å²) in [5.74, 6) is 0.226. The van der Waals surface area contributed by atoms with Crippen LogP contribution in [0.4, 0.5) is 4.39 Å². The largest absolute Gasteiger partial charge is 0.492 e. The van der Waals surface area contributed by atoms with Crippen LogP contribution in [-0.2, 0) is 29.0 Å². The summed E-state index contributed by atoms with van der Waals surface area (Å²) in [6.07, 6.45) is 4.75. The smallest absolute Gasteiger partial charge is 0.252 e. The number of ether oxygens (including phenoxy) is 1. The molecular weight excluding hydrogens is 649 g/mol. The number of nitrogens with zero attached hydrogens (tertiary/aromatic N) is 2. The number of halogens is 2. The number of hydrogen-bond acceptors (Lipinski definition) is 5. The van der Waals surface area contributed by atoms with Gasteiger partial charge in [-0.1, -0.05) is 48.5 Å². The molecule has 2 amide bonds. The molecule has 2 fully saturated rings. The molecule has 9 heteroatoms. The molecule has 2 aliphatic heterocycles. The molecule has 3 aromatic carbocycles. The second kappa shape index (κ2) is 14.5. The van der Waals surface area contributed by atoms with E-state index < -0.39 is 0 Å². The molecule has 1 saturated carbocycles. The predicted octanol–water partition coefficient (Wildman–Crippen LogP) is 5.67. The summed E-state index contributed by atoms with van der Waals surface area (Å²) in [6.45, 7) is 3.71. The number of rotatable bonds is 12. The van der Waals surface area contributed by atoms with Gasteiger partial charge in [-0.05, 0) is 94.4 Å². The molecule has 242 valence electrons. The third kappa shape index (κ3) is 7.54. The maximum Gasteiger partial charge on any atom is 0.252 e. The van der Waals surface area contributed by atoms with Crippen molar-refractivity contribution >= 4 is 33.3 Å². The van der Waals surface area contributed by atoms with Crippen LogP contribution in [0.2, 0.25) is 0 Å². The first kappa shape index (κ1) is 32.4. The quantitative estimate of drug-likeness (QED) is 0.240. The lowest BCUT2D eigenvalue weighted by Crippen LogP contribution is -2.61. The van der Waals surface area contributed by atoms with E-state index in [1.54, 1.807) is 13.0 Å². The molecule has 0 unspecified atom stereocenters. The van der Waals surface area contributed by atoms with Gasteiger partial charge in [-0.2, -0.15) is 0 Å². The van der Waals surface area contributed by atoms with E-state index >= 15 is 0 Å². The molecule has 2 N–H and O–H groups in total. The molecule has 1 saturated heterocycles. The van der Waals surface area contributed by atoms with E-state index in [9.17, 15) is 19.1 Å². The molecule has 0 aromatic heterocycles. The summed E-state index contributed by atoms with van der Waals surface area (Å²) in [7, 11) is 0. The number of fused-ring (bicyclic) bond motifs is 2. The number of aryl methyl sites for hydroxylation is 1. The number of aliphatic hydroxyl groups is 1. The molecular formula is C37H41BrFN3O4. The van der Waals surface area contributed by atoms with Crippen molar-refractivity contribution in [2.75, 3.05) is 26.3 Å². The van der Waals surface area contributed by atoms with E-state index in [4.69, 9.17) is 4.74 Å². The maximum atomic E-state index is 14.7. The Kier molecular flexibility index (Phi) is 10.2. The van der Waals surface area contributed by atoms with Crippen LogP contribution in [0.25, 0.3) is 5.57 Å². The van der Waals surface area contributed by atoms with Crippen LogP contribution in [0.3, 0.4) is 0 Å². The summed E-state index contributed by atoms with van der Waals surface area (Å²) in [4.78, 5) is 31.0. The number of carbonyl (C=O) groups is 2. The highest BCUT2D eigenvalue weighted by atomic mass is 79.9. The van der Waals surface area contributed by atoms with Crippen molar-refractivity contribution < 1.29 is 23.8 Å². The topological polar surface area (TPSA) is 82.1 Å². The fraction of sp³-hybridized carbons (Fsp3) is 0.405. The van der Waals surface area contributed by atoms with Gasteiger partial charge in [0.2, 0.25) is 5.91 Å². The monoisotopic (exact) mass is 689 g/mol. The third-order valence-electron chi connectivity index (χ3n) is 9.23. The Bertz CT molecular complexity index is 1610. The molecule has 0 spiro atoms. The van der Waals surface area contributed by atoms with Crippen LogP contribution in [-0.4, -0.2) is 71.1 Å². The van der Waals surface area contributed by atoms with Crippen LogP contribution in [0, 0.1) is 5.82 Å². The highest BCUT2D eigenvalue weighted by Gasteiger charge is 2.43. The van der Waals surface area contributed by atoms with E-state index in [2.05, 4.69) is 51.6 Å². The third-order valence-corrected chi connectivity index (χ3v) is 9.89. The zero-order valence-corrected chi connectivity index (χ0v) is 27.8. The molecule has 46 heavy (non-hydrogen) atoms. The number of aliphatic hydroxyl groups excluding tert-OH is 1. The number of benzene rings is 3. The number of nitrogens with one attached hydrogen (secondary N) is 1. The summed E-state index contributed by atoms with van der Waals surface area (Å²) < 4.78 is 20.1. The zero-order chi connectivity index (χ0) is 32.2. The van der Waals surface area contributed by atoms with Crippen LogP contribution in [0.5, 0.6) is 5.75 Å². The SMILES string of the molecule is CC(=O)N1C[C@H]2CC(c3ccc(CCCOc4cc(F)ccc4Br)cc3)=C(C(=O)N(Cc3ccccc3CCO)C3CC3)[C@@H](C1)N2. The molecule has 2 bridgehead atoms. The number of hydrogen-bond donors (Lipinski definition) is 2. The van der Waals surface area contributed by atoms with Crippen LogP contribution < -0.4 is 10.1 Å². The summed E-state index contributed by atoms with van der Waals surface area (Å²) in [6, 6.07) is 20.9. The first-order valence-electron chi connectivity index (χ1n) is 16.2. The van der Waals surface area contributed by atoms with E-state index in [1.807, 2.05) is 28.0 Å². The van der Waals surface area contributed by atoms with Gasteiger partial charge in [-0.15, -0.1) is 0 Å². The lowest BCUT2D eigenvalue weighted by atomic mass is 9.82. The van der Waals surface area contributed by atoms with Gasteiger partial charge in [0.25, 0.3) is 5.91 Å². The first-order valence-corrected chi connectivity index (χ1v) is 17.0. The van der Waals surface area contributed by atoms with Gasteiger partial charge < -0.3 is 25.0 Å². The summed E-state index contributed by atoms with van der Waals surface area (Å²) >= 11 is 3.41. The number of carbonyl (C=O) groups excluding carboxylic acids is 2. The number of piperazine rings is 1. The van der Waals surface area contributed by atoms with Crippen molar-refractivity contribution in [2.24, 2.45) is 0 Å². The highest BCUT2D eigenvalue weighted by Crippen LogP contribution is 2.38. The minimum absolute atomic E-state index is 0.0295. The van der Waals surface area contributed by atoms with Crippen LogP contribution in [0.1, 0.15) is 54.9 Å². The molecule has 3 aromatic rings. The van der Waals surface area contributed by atoms with E-state index in [0.29, 0.717) is 44.8 Å². The standard InChI is InChI=1S/C37H41BrFN3O4/c1-24(44)41-22-30-20-32(27-10-8-25(9-11-27)5-4-18-46-35-19-29(39)12-15-33(35)38)36(34(23-41)40-30)37(45)42(31-13-14-31)21-28-7-3-2-6-26(28)16-17-43/h2-3,6-12,15,19,30-31,34,40,43H,4-5,13-14,16-18,20-23H2,1H3/t30-,34-/m1/s1. The molecule has 0 radical (unpaired) electrons. The summed E-state index contributed by atoms with van der Waals surface area (Å²) in [5.41, 5.74) is 6.14. The molecule has 6 rings (SSSR count). The fourth-order valence-electron chi connectivity index (χ4n) is 6.71. The maximum absolute atomic E-state index is 14.7. The number of amides is 2. The second-order valence-corrected chi connectivity index (χ2v) is 13.4. The van der Waals surface area contributed by atoms with Gasteiger partial charge in [-0.25, -0.2) is 4.39 Å². The Hall–Kier alpha value is -3.53. The van der Waals surface area contributed by atoms with Crippen LogP contribution >= 0.6 is 15.9 Å². The Morgan fingerprint density at radius 3 is 2.52 bits per heavy atom. The fourth-order valence-corrected chi connectivity index (χ4v) is 7.07. The minimum atomic E-state index is -0.330. The zero-order valence-electron chi connectivity index (χ0n) is 26.2. The lowest BCUT2D eigenvalue weighted by Gasteiger charge is -2.44. The molecule has 1 aliphatic carbocycles. The predicted molar refractivity (Wildman–Crippen MR) is 180 cm³/mol. The van der Waals surface area contributed by atoms with Gasteiger partial charge >= 0.3 is 0 Å². The van der Waals surface area contributed by atoms with Crippen molar-refractivity contribution in [3.63, 3.8) is 0 Å². The first-order chi connectivity index (χ1) is 22.3. The molecule has 7 nitrogen and oxygen atoms in total. The van der Waals surface area contributed by atoms with Crippen molar-refractivity contribution in [1.29, 1.82) is 0 Å². The normalized spacial score (nSPS) is 19.3. The van der Waals surface area contributed by atoms with E-state index in [1.165, 1.54) is 12.1 Å². The van der Waals surface area contributed by atoms with Crippen molar-refractivity contribution in [3.05, 3.63) is 105 Å². The van der Waals surface area contributed by atoms with E-state index in [0.717, 1.165) is 63.6 Å². The Morgan fingerprint density at radius 1 is 1.04 bits per heavy atom. The van der Waals surface area contributed by atoms with Gasteiger partial charge in [0.15, 0.2) is 0 Å². The van der Waals surface area contributed by atoms with Crippen molar-refractivity contribution in [2.45, 2.75) is 70.1 Å². The minimum Gasteiger partial charge on any atom is -0.492 e.